The summed E-state index contributed by atoms with van der Waals surface area (Å²) in [5.41, 5.74) is 2.86. The van der Waals surface area contributed by atoms with Crippen molar-refractivity contribution in [1.29, 1.82) is 0 Å². The van der Waals surface area contributed by atoms with E-state index < -0.39 is 0 Å². The zero-order valence-corrected chi connectivity index (χ0v) is 11.5. The van der Waals surface area contributed by atoms with E-state index >= 15 is 0 Å². The summed E-state index contributed by atoms with van der Waals surface area (Å²) < 4.78 is 0. The summed E-state index contributed by atoms with van der Waals surface area (Å²) in [5, 5.41) is 4.18. The molecule has 1 aliphatic heterocycles. The lowest BCUT2D eigenvalue weighted by atomic mass is 9.93. The van der Waals surface area contributed by atoms with Gasteiger partial charge < -0.3 is 5.32 Å². The number of fused-ring (bicyclic) bond motifs is 1. The van der Waals surface area contributed by atoms with Gasteiger partial charge in [0.05, 0.1) is 5.92 Å². The predicted molar refractivity (Wildman–Crippen MR) is 78.0 cm³/mol. The minimum absolute atomic E-state index is 0.0113. The highest BCUT2D eigenvalue weighted by Crippen LogP contribution is 2.36. The number of halogens is 2. The second kappa shape index (κ2) is 4.87. The van der Waals surface area contributed by atoms with Crippen molar-refractivity contribution in [2.24, 2.45) is 0 Å². The lowest BCUT2D eigenvalue weighted by Crippen LogP contribution is -2.14. The summed E-state index contributed by atoms with van der Waals surface area (Å²) in [6.07, 6.45) is 0.640. The normalized spacial score (nSPS) is 17.2. The fourth-order valence-electron chi connectivity index (χ4n) is 2.40. The van der Waals surface area contributed by atoms with Crippen molar-refractivity contribution in [1.82, 2.24) is 0 Å². The lowest BCUT2D eigenvalue weighted by molar-refractivity contribution is -0.117. The molecule has 1 aliphatic rings. The number of carbonyl (C=O) groups is 1. The number of anilines is 1. The maximum Gasteiger partial charge on any atom is 0.232 e. The Labute approximate surface area is 121 Å². The van der Waals surface area contributed by atoms with Gasteiger partial charge in [0.15, 0.2) is 0 Å². The number of amides is 1. The summed E-state index contributed by atoms with van der Waals surface area (Å²) in [6, 6.07) is 13.1. The summed E-state index contributed by atoms with van der Waals surface area (Å²) in [4.78, 5) is 12.0. The Morgan fingerprint density at radius 3 is 2.63 bits per heavy atom. The second-order valence-corrected chi connectivity index (χ2v) is 5.48. The molecular weight excluding hydrogens is 281 g/mol. The molecule has 1 unspecified atom stereocenters. The molecule has 0 fully saturated rings. The molecule has 2 nitrogen and oxygen atoms in total. The van der Waals surface area contributed by atoms with Gasteiger partial charge in [0.2, 0.25) is 5.91 Å². The first-order chi connectivity index (χ1) is 9.13. The Morgan fingerprint density at radius 1 is 1.05 bits per heavy atom. The van der Waals surface area contributed by atoms with Gasteiger partial charge in [-0.1, -0.05) is 41.4 Å². The van der Waals surface area contributed by atoms with Crippen molar-refractivity contribution in [3.05, 3.63) is 63.6 Å². The molecule has 0 saturated carbocycles. The van der Waals surface area contributed by atoms with Gasteiger partial charge in [0.25, 0.3) is 0 Å². The van der Waals surface area contributed by atoms with E-state index in [1.807, 2.05) is 36.4 Å². The molecule has 2 aromatic carbocycles. The van der Waals surface area contributed by atoms with E-state index in [0.29, 0.717) is 16.5 Å². The molecule has 96 valence electrons. The van der Waals surface area contributed by atoms with Crippen LogP contribution in [-0.4, -0.2) is 5.91 Å². The number of hydrogen-bond acceptors (Lipinski definition) is 1. The second-order valence-electron chi connectivity index (χ2n) is 4.61. The number of hydrogen-bond donors (Lipinski definition) is 1. The Hall–Kier alpha value is -1.51. The van der Waals surface area contributed by atoms with E-state index in [2.05, 4.69) is 5.32 Å². The SMILES string of the molecule is O=C1Nc2cc(Cl)ccc2C1Cc1cccc(Cl)c1. The molecule has 4 heteroatoms. The minimum atomic E-state index is -0.175. The van der Waals surface area contributed by atoms with Crippen LogP contribution in [-0.2, 0) is 11.2 Å². The molecule has 1 N–H and O–H groups in total. The zero-order valence-electron chi connectivity index (χ0n) is 9.99. The fourth-order valence-corrected chi connectivity index (χ4v) is 2.79. The maximum atomic E-state index is 12.0. The van der Waals surface area contributed by atoms with Crippen molar-refractivity contribution < 1.29 is 4.79 Å². The van der Waals surface area contributed by atoms with Crippen molar-refractivity contribution in [3.63, 3.8) is 0 Å². The summed E-state index contributed by atoms with van der Waals surface area (Å²) >= 11 is 11.9. The smallest absolute Gasteiger partial charge is 0.232 e. The van der Waals surface area contributed by atoms with Crippen molar-refractivity contribution in [2.45, 2.75) is 12.3 Å². The Bertz CT molecular complexity index is 654. The first-order valence-electron chi connectivity index (χ1n) is 5.98. The van der Waals surface area contributed by atoms with E-state index in [0.717, 1.165) is 16.8 Å². The number of carbonyl (C=O) groups excluding carboxylic acids is 1. The van der Waals surface area contributed by atoms with E-state index in [4.69, 9.17) is 23.2 Å². The Kier molecular flexibility index (Phi) is 3.21. The number of benzene rings is 2. The Morgan fingerprint density at radius 2 is 1.84 bits per heavy atom. The molecule has 0 aromatic heterocycles. The summed E-state index contributed by atoms with van der Waals surface area (Å²) in [7, 11) is 0. The van der Waals surface area contributed by atoms with Crippen LogP contribution in [0.15, 0.2) is 42.5 Å². The monoisotopic (exact) mass is 291 g/mol. The van der Waals surface area contributed by atoms with Crippen molar-refractivity contribution in [3.8, 4) is 0 Å². The summed E-state index contributed by atoms with van der Waals surface area (Å²) in [6.45, 7) is 0. The van der Waals surface area contributed by atoms with Crippen molar-refractivity contribution in [2.75, 3.05) is 5.32 Å². The molecule has 1 heterocycles. The lowest BCUT2D eigenvalue weighted by Gasteiger charge is -2.09. The average molecular weight is 292 g/mol. The standard InChI is InChI=1S/C15H11Cl2NO/c16-10-3-1-2-9(6-10)7-13-12-5-4-11(17)8-14(12)18-15(13)19/h1-6,8,13H,7H2,(H,18,19). The number of rotatable bonds is 2. The van der Waals surface area contributed by atoms with Gasteiger partial charge in [0.1, 0.15) is 0 Å². The van der Waals surface area contributed by atoms with Crippen LogP contribution in [0.25, 0.3) is 0 Å². The third-order valence-corrected chi connectivity index (χ3v) is 3.76. The van der Waals surface area contributed by atoms with Gasteiger partial charge in [-0.3, -0.25) is 4.79 Å². The third kappa shape index (κ3) is 2.46. The molecule has 1 atom stereocenters. The highest BCUT2D eigenvalue weighted by Gasteiger charge is 2.30. The van der Waals surface area contributed by atoms with Crippen LogP contribution in [0, 0.1) is 0 Å². The van der Waals surface area contributed by atoms with E-state index in [9.17, 15) is 4.79 Å². The highest BCUT2D eigenvalue weighted by atomic mass is 35.5. The molecule has 2 aromatic rings. The Balaban J connectivity index is 1.92. The van der Waals surface area contributed by atoms with Crippen LogP contribution < -0.4 is 5.32 Å². The van der Waals surface area contributed by atoms with Crippen LogP contribution in [0.5, 0.6) is 0 Å². The van der Waals surface area contributed by atoms with Gasteiger partial charge in [-0.05, 0) is 41.8 Å². The van der Waals surface area contributed by atoms with Crippen LogP contribution >= 0.6 is 23.2 Å². The molecule has 0 radical (unpaired) electrons. The first-order valence-corrected chi connectivity index (χ1v) is 6.74. The van der Waals surface area contributed by atoms with E-state index in [1.165, 1.54) is 0 Å². The minimum Gasteiger partial charge on any atom is -0.325 e. The van der Waals surface area contributed by atoms with Gasteiger partial charge in [-0.15, -0.1) is 0 Å². The predicted octanol–water partition coefficient (Wildman–Crippen LogP) is 4.27. The van der Waals surface area contributed by atoms with Crippen LogP contribution in [0.2, 0.25) is 10.0 Å². The molecular formula is C15H11Cl2NO. The topological polar surface area (TPSA) is 29.1 Å². The van der Waals surface area contributed by atoms with Gasteiger partial charge in [0, 0.05) is 15.7 Å². The highest BCUT2D eigenvalue weighted by molar-refractivity contribution is 6.31. The largest absolute Gasteiger partial charge is 0.325 e. The van der Waals surface area contributed by atoms with E-state index in [-0.39, 0.29) is 11.8 Å². The first kappa shape index (κ1) is 12.5. The van der Waals surface area contributed by atoms with Crippen LogP contribution in [0.4, 0.5) is 5.69 Å². The quantitative estimate of drug-likeness (QED) is 0.879. The van der Waals surface area contributed by atoms with Crippen LogP contribution in [0.1, 0.15) is 17.0 Å². The van der Waals surface area contributed by atoms with Gasteiger partial charge in [-0.2, -0.15) is 0 Å². The molecule has 0 aliphatic carbocycles. The number of nitrogens with one attached hydrogen (secondary N) is 1. The molecule has 3 rings (SSSR count). The van der Waals surface area contributed by atoms with E-state index in [1.54, 1.807) is 6.07 Å². The molecule has 0 spiro atoms. The van der Waals surface area contributed by atoms with Gasteiger partial charge >= 0.3 is 0 Å². The molecule has 0 saturated heterocycles. The maximum absolute atomic E-state index is 12.0. The average Bonchev–Trinajstić information content (AvgIpc) is 2.65. The van der Waals surface area contributed by atoms with Crippen molar-refractivity contribution >= 4 is 34.8 Å². The molecule has 0 bridgehead atoms. The zero-order chi connectivity index (χ0) is 13.4. The molecule has 19 heavy (non-hydrogen) atoms. The third-order valence-electron chi connectivity index (χ3n) is 3.29. The van der Waals surface area contributed by atoms with Gasteiger partial charge in [-0.25, -0.2) is 0 Å². The molecule has 1 amide bonds. The summed E-state index contributed by atoms with van der Waals surface area (Å²) in [5.74, 6) is -0.164. The van der Waals surface area contributed by atoms with Crippen LogP contribution in [0.3, 0.4) is 0 Å². The fraction of sp³-hybridized carbons (Fsp3) is 0.133.